The summed E-state index contributed by atoms with van der Waals surface area (Å²) in [5.74, 6) is 1.86. The number of aromatic amines is 1. The summed E-state index contributed by atoms with van der Waals surface area (Å²) in [5.41, 5.74) is 1.10. The molecule has 188 valence electrons. The minimum absolute atomic E-state index is 0.0675. The molecule has 0 unspecified atom stereocenters. The van der Waals surface area contributed by atoms with Crippen molar-refractivity contribution in [3.63, 3.8) is 0 Å². The third kappa shape index (κ3) is 5.61. The molecular formula is C23H22F3N7O2S. The molecule has 9 nitrogen and oxygen atoms in total. The number of carbonyl (C=O) groups is 1. The second kappa shape index (κ2) is 10.2. The number of carbonyl (C=O) groups excluding carboxylic acids is 1. The van der Waals surface area contributed by atoms with Gasteiger partial charge in [0.05, 0.1) is 22.3 Å². The number of H-pyrrole nitrogens is 1. The number of anilines is 1. The van der Waals surface area contributed by atoms with Crippen LogP contribution in [0.2, 0.25) is 0 Å². The first-order chi connectivity index (χ1) is 17.3. The number of hydrogen-bond donors (Lipinski definition) is 1. The van der Waals surface area contributed by atoms with Gasteiger partial charge in [0.1, 0.15) is 11.6 Å². The van der Waals surface area contributed by atoms with Crippen molar-refractivity contribution in [2.75, 3.05) is 36.8 Å². The van der Waals surface area contributed by atoms with Crippen LogP contribution in [0.4, 0.5) is 19.0 Å². The fourth-order valence-corrected chi connectivity index (χ4v) is 4.57. The van der Waals surface area contributed by atoms with Crippen LogP contribution in [0.3, 0.4) is 0 Å². The normalized spacial score (nSPS) is 14.5. The van der Waals surface area contributed by atoms with Crippen molar-refractivity contribution >= 4 is 34.5 Å². The third-order valence-corrected chi connectivity index (χ3v) is 6.62. The van der Waals surface area contributed by atoms with E-state index in [0.717, 1.165) is 29.1 Å². The van der Waals surface area contributed by atoms with Gasteiger partial charge in [-0.15, -0.1) is 10.2 Å². The van der Waals surface area contributed by atoms with Gasteiger partial charge in [0.2, 0.25) is 11.8 Å². The van der Waals surface area contributed by atoms with E-state index in [1.54, 1.807) is 4.90 Å². The number of benzene rings is 1. The standard InChI is InChI=1S/C23H22F3N7O2S/c24-23(25,26)15-5-7-19(27-13-15)32-9-11-33(12-10-32)21(34)14-36-22-31-30-20(35-22)8-6-18-28-16-3-1-2-4-17(16)29-18/h1-5,7,13H,6,8-12,14H2,(H,28,29). The minimum atomic E-state index is -4.41. The molecule has 0 aliphatic carbocycles. The number of para-hydroxylation sites is 2. The number of imidazole rings is 1. The summed E-state index contributed by atoms with van der Waals surface area (Å²) in [4.78, 5) is 27.9. The maximum absolute atomic E-state index is 12.7. The zero-order valence-electron chi connectivity index (χ0n) is 19.0. The van der Waals surface area contributed by atoms with Crippen LogP contribution in [0.5, 0.6) is 0 Å². The van der Waals surface area contributed by atoms with E-state index in [2.05, 4.69) is 25.1 Å². The molecule has 1 aliphatic heterocycles. The lowest BCUT2D eigenvalue weighted by Crippen LogP contribution is -2.49. The lowest BCUT2D eigenvalue weighted by atomic mass is 10.2. The SMILES string of the molecule is O=C(CSc1nnc(CCc2nc3ccccc3[nH]2)o1)N1CCN(c2ccc(C(F)(F)F)cn2)CC1. The van der Waals surface area contributed by atoms with Gasteiger partial charge < -0.3 is 19.2 Å². The molecule has 0 spiro atoms. The number of fused-ring (bicyclic) bond motifs is 1. The number of halogens is 3. The Bertz CT molecular complexity index is 1300. The highest BCUT2D eigenvalue weighted by molar-refractivity contribution is 7.99. The van der Waals surface area contributed by atoms with Crippen molar-refractivity contribution in [1.29, 1.82) is 0 Å². The van der Waals surface area contributed by atoms with Crippen LogP contribution < -0.4 is 4.90 Å². The van der Waals surface area contributed by atoms with Gasteiger partial charge in [0.15, 0.2) is 0 Å². The number of alkyl halides is 3. The zero-order chi connectivity index (χ0) is 25.1. The Balaban J connectivity index is 1.06. The van der Waals surface area contributed by atoms with Crippen LogP contribution in [0.1, 0.15) is 17.3 Å². The predicted molar refractivity (Wildman–Crippen MR) is 127 cm³/mol. The highest BCUT2D eigenvalue weighted by atomic mass is 32.2. The number of aryl methyl sites for hydroxylation is 2. The molecule has 1 amide bonds. The van der Waals surface area contributed by atoms with Gasteiger partial charge in [-0.1, -0.05) is 23.9 Å². The van der Waals surface area contributed by atoms with Crippen molar-refractivity contribution in [3.8, 4) is 0 Å². The second-order valence-electron chi connectivity index (χ2n) is 8.22. The van der Waals surface area contributed by atoms with E-state index < -0.39 is 11.7 Å². The van der Waals surface area contributed by atoms with Gasteiger partial charge in [-0.2, -0.15) is 13.2 Å². The Hall–Kier alpha value is -3.61. The molecule has 3 aromatic heterocycles. The van der Waals surface area contributed by atoms with E-state index in [1.807, 2.05) is 29.2 Å². The molecule has 0 bridgehead atoms. The van der Waals surface area contributed by atoms with Crippen LogP contribution in [0.15, 0.2) is 52.2 Å². The molecule has 1 aliphatic rings. The highest BCUT2D eigenvalue weighted by Gasteiger charge is 2.31. The zero-order valence-corrected chi connectivity index (χ0v) is 19.8. The summed E-state index contributed by atoms with van der Waals surface area (Å²) in [6, 6.07) is 10.2. The molecule has 1 N–H and O–H groups in total. The Morgan fingerprint density at radius 2 is 1.86 bits per heavy atom. The van der Waals surface area contributed by atoms with Crippen LogP contribution >= 0.6 is 11.8 Å². The first-order valence-corrected chi connectivity index (χ1v) is 12.3. The largest absolute Gasteiger partial charge is 0.417 e. The van der Waals surface area contributed by atoms with Crippen molar-refractivity contribution in [2.45, 2.75) is 24.2 Å². The lowest BCUT2D eigenvalue weighted by Gasteiger charge is -2.35. The summed E-state index contributed by atoms with van der Waals surface area (Å²) < 4.78 is 43.8. The Kier molecular flexibility index (Phi) is 6.81. The highest BCUT2D eigenvalue weighted by Crippen LogP contribution is 2.29. The number of hydrogen-bond acceptors (Lipinski definition) is 8. The van der Waals surface area contributed by atoms with E-state index in [4.69, 9.17) is 4.42 Å². The van der Waals surface area contributed by atoms with Gasteiger partial charge in [-0.05, 0) is 24.3 Å². The van der Waals surface area contributed by atoms with Crippen LogP contribution in [0, 0.1) is 0 Å². The van der Waals surface area contributed by atoms with E-state index in [-0.39, 0.29) is 11.7 Å². The van der Waals surface area contributed by atoms with Crippen molar-refractivity contribution in [3.05, 3.63) is 59.9 Å². The predicted octanol–water partition coefficient (Wildman–Crippen LogP) is 3.59. The van der Waals surface area contributed by atoms with Crippen molar-refractivity contribution in [1.82, 2.24) is 30.0 Å². The third-order valence-electron chi connectivity index (χ3n) is 5.81. The molecule has 4 aromatic rings. The summed E-state index contributed by atoms with van der Waals surface area (Å²) in [6.07, 6.45) is -2.43. The smallest absolute Gasteiger partial charge is 0.416 e. The molecule has 4 heterocycles. The van der Waals surface area contributed by atoms with E-state index in [9.17, 15) is 18.0 Å². The average molecular weight is 518 g/mol. The van der Waals surface area contributed by atoms with E-state index >= 15 is 0 Å². The molecule has 0 radical (unpaired) electrons. The molecule has 13 heteroatoms. The maximum atomic E-state index is 12.7. The number of thioether (sulfide) groups is 1. The van der Waals surface area contributed by atoms with Gasteiger partial charge in [-0.3, -0.25) is 4.79 Å². The fourth-order valence-electron chi connectivity index (χ4n) is 3.89. The first kappa shape index (κ1) is 24.1. The topological polar surface area (TPSA) is 104 Å². The Labute approximate surface area is 208 Å². The number of piperazine rings is 1. The molecular weight excluding hydrogens is 495 g/mol. The molecule has 0 atom stereocenters. The summed E-state index contributed by atoms with van der Waals surface area (Å²) in [7, 11) is 0. The summed E-state index contributed by atoms with van der Waals surface area (Å²) >= 11 is 1.18. The number of nitrogens with one attached hydrogen (secondary N) is 1. The molecule has 1 fully saturated rings. The molecule has 0 saturated carbocycles. The molecule has 1 aromatic carbocycles. The maximum Gasteiger partial charge on any atom is 0.417 e. The number of amides is 1. The molecule has 5 rings (SSSR count). The van der Waals surface area contributed by atoms with Gasteiger partial charge >= 0.3 is 6.18 Å². The monoisotopic (exact) mass is 517 g/mol. The average Bonchev–Trinajstić information content (AvgIpc) is 3.52. The number of rotatable bonds is 7. The van der Waals surface area contributed by atoms with Crippen LogP contribution in [0.25, 0.3) is 11.0 Å². The van der Waals surface area contributed by atoms with Gasteiger partial charge in [0, 0.05) is 45.2 Å². The number of nitrogens with zero attached hydrogens (tertiary/aromatic N) is 6. The quantitative estimate of drug-likeness (QED) is 0.371. The first-order valence-electron chi connectivity index (χ1n) is 11.3. The summed E-state index contributed by atoms with van der Waals surface area (Å²) in [5, 5.41) is 8.39. The number of aromatic nitrogens is 5. The van der Waals surface area contributed by atoms with Gasteiger partial charge in [-0.25, -0.2) is 9.97 Å². The van der Waals surface area contributed by atoms with Gasteiger partial charge in [0.25, 0.3) is 5.22 Å². The van der Waals surface area contributed by atoms with Crippen LogP contribution in [-0.2, 0) is 23.8 Å². The fraction of sp³-hybridized carbons (Fsp3) is 0.348. The Morgan fingerprint density at radius 3 is 2.58 bits per heavy atom. The summed E-state index contributed by atoms with van der Waals surface area (Å²) in [6.45, 7) is 1.88. The Morgan fingerprint density at radius 1 is 1.06 bits per heavy atom. The number of pyridine rings is 1. The second-order valence-corrected chi connectivity index (χ2v) is 9.15. The van der Waals surface area contributed by atoms with Crippen molar-refractivity contribution < 1.29 is 22.4 Å². The lowest BCUT2D eigenvalue weighted by molar-refractivity contribution is -0.137. The van der Waals surface area contributed by atoms with E-state index in [0.29, 0.717) is 56.0 Å². The van der Waals surface area contributed by atoms with Crippen molar-refractivity contribution in [2.24, 2.45) is 0 Å². The minimum Gasteiger partial charge on any atom is -0.416 e. The van der Waals surface area contributed by atoms with E-state index in [1.165, 1.54) is 17.8 Å². The molecule has 1 saturated heterocycles. The van der Waals surface area contributed by atoms with Crippen LogP contribution in [-0.4, -0.2) is 67.9 Å². The molecule has 36 heavy (non-hydrogen) atoms.